The highest BCUT2D eigenvalue weighted by molar-refractivity contribution is 5.77. The van der Waals surface area contributed by atoms with Crippen LogP contribution in [-0.4, -0.2) is 31.7 Å². The van der Waals surface area contributed by atoms with Gasteiger partial charge in [0.15, 0.2) is 6.61 Å². The number of carbonyl (C=O) groups is 1. The highest BCUT2D eigenvalue weighted by atomic mass is 16.5. The largest absolute Gasteiger partial charge is 0.497 e. The van der Waals surface area contributed by atoms with Gasteiger partial charge in [0, 0.05) is 18.2 Å². The minimum absolute atomic E-state index is 0.0311. The van der Waals surface area contributed by atoms with Crippen molar-refractivity contribution in [2.24, 2.45) is 5.73 Å². The van der Waals surface area contributed by atoms with Crippen LogP contribution in [-0.2, 0) is 4.79 Å². The number of amides is 1. The summed E-state index contributed by atoms with van der Waals surface area (Å²) in [4.78, 5) is 11.7. The molecule has 0 aromatic heterocycles. The van der Waals surface area contributed by atoms with E-state index >= 15 is 0 Å². The average molecular weight is 280 g/mol. The molecule has 5 nitrogen and oxygen atoms in total. The second-order valence-corrected chi connectivity index (χ2v) is 4.81. The fourth-order valence-electron chi connectivity index (χ4n) is 1.67. The Morgan fingerprint density at radius 1 is 1.30 bits per heavy atom. The minimum Gasteiger partial charge on any atom is -0.497 e. The third-order valence-corrected chi connectivity index (χ3v) is 3.46. The maximum atomic E-state index is 11.7. The van der Waals surface area contributed by atoms with Crippen LogP contribution in [0, 0.1) is 0 Å². The van der Waals surface area contributed by atoms with E-state index in [4.69, 9.17) is 15.2 Å². The maximum Gasteiger partial charge on any atom is 0.258 e. The van der Waals surface area contributed by atoms with Gasteiger partial charge in [-0.25, -0.2) is 0 Å². The van der Waals surface area contributed by atoms with E-state index in [2.05, 4.69) is 5.32 Å². The zero-order valence-electron chi connectivity index (χ0n) is 12.4. The van der Waals surface area contributed by atoms with Gasteiger partial charge in [0.25, 0.3) is 5.91 Å². The minimum atomic E-state index is -0.342. The molecule has 112 valence electrons. The van der Waals surface area contributed by atoms with Crippen LogP contribution in [0.1, 0.15) is 26.7 Å². The number of benzene rings is 1. The number of nitrogens with two attached hydrogens (primary N) is 1. The quantitative estimate of drug-likeness (QED) is 0.760. The average Bonchev–Trinajstić information content (AvgIpc) is 2.50. The van der Waals surface area contributed by atoms with Gasteiger partial charge in [0.1, 0.15) is 11.5 Å². The number of rotatable bonds is 8. The Morgan fingerprint density at radius 3 is 2.55 bits per heavy atom. The standard InChI is InChI=1S/C15H24N2O3/c1-4-15(16,5-2)11-17-14(18)10-20-13-8-6-7-12(9-13)19-3/h6-9H,4-5,10-11,16H2,1-3H3,(H,17,18). The van der Waals surface area contributed by atoms with Crippen molar-refractivity contribution >= 4 is 5.91 Å². The number of ether oxygens (including phenoxy) is 2. The molecule has 0 fully saturated rings. The van der Waals surface area contributed by atoms with Crippen LogP contribution in [0.2, 0.25) is 0 Å². The summed E-state index contributed by atoms with van der Waals surface area (Å²) in [5.74, 6) is 1.12. The fourth-order valence-corrected chi connectivity index (χ4v) is 1.67. The summed E-state index contributed by atoms with van der Waals surface area (Å²) in [5, 5.41) is 2.80. The lowest BCUT2D eigenvalue weighted by atomic mass is 9.94. The number of hydrogen-bond donors (Lipinski definition) is 2. The van der Waals surface area contributed by atoms with Gasteiger partial charge in [-0.05, 0) is 25.0 Å². The normalized spacial score (nSPS) is 11.0. The Bertz CT molecular complexity index is 431. The van der Waals surface area contributed by atoms with E-state index in [1.165, 1.54) is 0 Å². The smallest absolute Gasteiger partial charge is 0.258 e. The molecule has 1 aromatic carbocycles. The van der Waals surface area contributed by atoms with Crippen LogP contribution in [0.5, 0.6) is 11.5 Å². The monoisotopic (exact) mass is 280 g/mol. The molecule has 1 aromatic rings. The van der Waals surface area contributed by atoms with E-state index in [1.54, 1.807) is 19.2 Å². The van der Waals surface area contributed by atoms with Crippen LogP contribution in [0.25, 0.3) is 0 Å². The van der Waals surface area contributed by atoms with Crippen LogP contribution in [0.3, 0.4) is 0 Å². The topological polar surface area (TPSA) is 73.6 Å². The van der Waals surface area contributed by atoms with Crippen molar-refractivity contribution in [3.05, 3.63) is 24.3 Å². The fraction of sp³-hybridized carbons (Fsp3) is 0.533. The van der Waals surface area contributed by atoms with Crippen LogP contribution in [0.15, 0.2) is 24.3 Å². The van der Waals surface area contributed by atoms with Gasteiger partial charge < -0.3 is 20.5 Å². The lowest BCUT2D eigenvalue weighted by Gasteiger charge is -2.26. The molecule has 0 aliphatic carbocycles. The van der Waals surface area contributed by atoms with E-state index in [-0.39, 0.29) is 18.1 Å². The second kappa shape index (κ2) is 7.75. The van der Waals surface area contributed by atoms with Crippen LogP contribution in [0.4, 0.5) is 0 Å². The number of methoxy groups -OCH3 is 1. The summed E-state index contributed by atoms with van der Waals surface area (Å²) in [6, 6.07) is 7.14. The second-order valence-electron chi connectivity index (χ2n) is 4.81. The molecule has 0 heterocycles. The molecule has 0 spiro atoms. The van der Waals surface area contributed by atoms with Crippen molar-refractivity contribution in [3.8, 4) is 11.5 Å². The Labute approximate surface area is 120 Å². The molecule has 3 N–H and O–H groups in total. The van der Waals surface area contributed by atoms with Crippen LogP contribution < -0.4 is 20.5 Å². The lowest BCUT2D eigenvalue weighted by Crippen LogP contribution is -2.50. The summed E-state index contributed by atoms with van der Waals surface area (Å²) in [6.07, 6.45) is 1.64. The molecule has 5 heteroatoms. The van der Waals surface area contributed by atoms with Crippen LogP contribution >= 0.6 is 0 Å². The first kappa shape index (κ1) is 16.3. The zero-order chi connectivity index (χ0) is 15.0. The number of carbonyl (C=O) groups excluding carboxylic acids is 1. The third-order valence-electron chi connectivity index (χ3n) is 3.46. The van der Waals surface area contributed by atoms with Crippen molar-refractivity contribution < 1.29 is 14.3 Å². The molecule has 0 atom stereocenters. The van der Waals surface area contributed by atoms with Gasteiger partial charge in [0.2, 0.25) is 0 Å². The first-order chi connectivity index (χ1) is 9.53. The Morgan fingerprint density at radius 2 is 1.95 bits per heavy atom. The predicted molar refractivity (Wildman–Crippen MR) is 79.0 cm³/mol. The first-order valence-corrected chi connectivity index (χ1v) is 6.85. The molecule has 0 aliphatic heterocycles. The molecule has 0 aliphatic rings. The molecule has 1 amide bonds. The predicted octanol–water partition coefficient (Wildman–Crippen LogP) is 1.71. The SMILES string of the molecule is CCC(N)(CC)CNC(=O)COc1cccc(OC)c1. The van der Waals surface area contributed by atoms with E-state index in [0.717, 1.165) is 12.8 Å². The van der Waals surface area contributed by atoms with E-state index in [0.29, 0.717) is 18.0 Å². The van der Waals surface area contributed by atoms with Crippen molar-refractivity contribution in [1.82, 2.24) is 5.32 Å². The molecule has 0 radical (unpaired) electrons. The Kier molecular flexibility index (Phi) is 6.31. The molecular weight excluding hydrogens is 256 g/mol. The zero-order valence-corrected chi connectivity index (χ0v) is 12.4. The van der Waals surface area contributed by atoms with Gasteiger partial charge in [-0.3, -0.25) is 4.79 Å². The molecule has 0 saturated heterocycles. The number of nitrogens with one attached hydrogen (secondary N) is 1. The summed E-state index contributed by atoms with van der Waals surface area (Å²) in [6.45, 7) is 4.46. The molecule has 1 rings (SSSR count). The highest BCUT2D eigenvalue weighted by Crippen LogP contribution is 2.18. The lowest BCUT2D eigenvalue weighted by molar-refractivity contribution is -0.123. The molecule has 0 unspecified atom stereocenters. The number of hydrogen-bond acceptors (Lipinski definition) is 4. The van der Waals surface area contributed by atoms with Crippen molar-refractivity contribution in [2.45, 2.75) is 32.2 Å². The van der Waals surface area contributed by atoms with Gasteiger partial charge in [-0.1, -0.05) is 19.9 Å². The first-order valence-electron chi connectivity index (χ1n) is 6.85. The molecule has 0 saturated carbocycles. The maximum absolute atomic E-state index is 11.7. The van der Waals surface area contributed by atoms with Gasteiger partial charge >= 0.3 is 0 Å². The highest BCUT2D eigenvalue weighted by Gasteiger charge is 2.20. The van der Waals surface area contributed by atoms with Crippen molar-refractivity contribution in [3.63, 3.8) is 0 Å². The Balaban J connectivity index is 2.39. The summed E-state index contributed by atoms with van der Waals surface area (Å²) < 4.78 is 10.5. The van der Waals surface area contributed by atoms with E-state index in [1.807, 2.05) is 26.0 Å². The Hall–Kier alpha value is -1.75. The van der Waals surface area contributed by atoms with Gasteiger partial charge in [-0.2, -0.15) is 0 Å². The van der Waals surface area contributed by atoms with Gasteiger partial charge in [-0.15, -0.1) is 0 Å². The van der Waals surface area contributed by atoms with Gasteiger partial charge in [0.05, 0.1) is 7.11 Å². The summed E-state index contributed by atoms with van der Waals surface area (Å²) in [7, 11) is 1.59. The summed E-state index contributed by atoms with van der Waals surface area (Å²) in [5.41, 5.74) is 5.78. The van der Waals surface area contributed by atoms with E-state index in [9.17, 15) is 4.79 Å². The molecule has 0 bridgehead atoms. The molecule has 20 heavy (non-hydrogen) atoms. The van der Waals surface area contributed by atoms with Crippen molar-refractivity contribution in [2.75, 3.05) is 20.3 Å². The molecular formula is C15H24N2O3. The van der Waals surface area contributed by atoms with E-state index < -0.39 is 0 Å². The van der Waals surface area contributed by atoms with Crippen molar-refractivity contribution in [1.29, 1.82) is 0 Å². The third kappa shape index (κ3) is 5.09. The summed E-state index contributed by atoms with van der Waals surface area (Å²) >= 11 is 0.